The average Bonchev–Trinajstić information content (AvgIpc) is 2.25. The van der Waals surface area contributed by atoms with Crippen molar-refractivity contribution >= 4 is 26.9 Å². The Kier molecular flexibility index (Phi) is 4.54. The number of rotatable bonds is 4. The molecule has 0 bridgehead atoms. The smallest absolute Gasteiger partial charge is 0.267 e. The van der Waals surface area contributed by atoms with Gasteiger partial charge in [0, 0.05) is 5.56 Å². The molecule has 0 aliphatic heterocycles. The third kappa shape index (κ3) is 4.75. The standard InChI is InChI=1S/C11H14ClNO3S/c1-8(2)9-4-6-10(7-5-9)11(12)13-16-17(3,14)15/h4-8H,1-3H3. The fourth-order valence-electron chi connectivity index (χ4n) is 1.16. The number of halogens is 1. The second-order valence-corrected chi connectivity index (χ2v) is 5.85. The van der Waals surface area contributed by atoms with Gasteiger partial charge in [-0.25, -0.2) is 0 Å². The minimum absolute atomic E-state index is 0.00531. The quantitative estimate of drug-likeness (QED) is 0.627. The molecule has 6 heteroatoms. The van der Waals surface area contributed by atoms with Crippen molar-refractivity contribution in [1.29, 1.82) is 0 Å². The van der Waals surface area contributed by atoms with E-state index in [2.05, 4.69) is 23.3 Å². The van der Waals surface area contributed by atoms with Crippen LogP contribution in [0.3, 0.4) is 0 Å². The molecule has 17 heavy (non-hydrogen) atoms. The van der Waals surface area contributed by atoms with E-state index in [1.54, 1.807) is 12.1 Å². The van der Waals surface area contributed by atoms with Crippen LogP contribution >= 0.6 is 11.6 Å². The van der Waals surface area contributed by atoms with Gasteiger partial charge in [-0.1, -0.05) is 54.9 Å². The van der Waals surface area contributed by atoms with E-state index in [1.807, 2.05) is 12.1 Å². The van der Waals surface area contributed by atoms with E-state index < -0.39 is 10.1 Å². The Morgan fingerprint density at radius 2 is 1.82 bits per heavy atom. The third-order valence-corrected chi connectivity index (χ3v) is 2.70. The Morgan fingerprint density at radius 3 is 2.24 bits per heavy atom. The number of hydrogen-bond acceptors (Lipinski definition) is 4. The van der Waals surface area contributed by atoms with Crippen LogP contribution in [-0.2, 0) is 14.4 Å². The highest BCUT2D eigenvalue weighted by molar-refractivity contribution is 7.85. The predicted molar refractivity (Wildman–Crippen MR) is 68.8 cm³/mol. The van der Waals surface area contributed by atoms with E-state index in [1.165, 1.54) is 5.56 Å². The fraction of sp³-hybridized carbons (Fsp3) is 0.364. The summed E-state index contributed by atoms with van der Waals surface area (Å²) in [7, 11) is -3.62. The zero-order valence-electron chi connectivity index (χ0n) is 9.84. The Balaban J connectivity index is 2.86. The van der Waals surface area contributed by atoms with Crippen LogP contribution in [0.1, 0.15) is 30.9 Å². The van der Waals surface area contributed by atoms with Crippen LogP contribution in [0.2, 0.25) is 0 Å². The highest BCUT2D eigenvalue weighted by Gasteiger charge is 2.05. The van der Waals surface area contributed by atoms with Gasteiger partial charge < -0.3 is 0 Å². The molecule has 1 rings (SSSR count). The van der Waals surface area contributed by atoms with Gasteiger partial charge in [0.05, 0.1) is 6.26 Å². The molecular weight excluding hydrogens is 262 g/mol. The molecule has 0 spiro atoms. The summed E-state index contributed by atoms with van der Waals surface area (Å²) >= 11 is 5.80. The molecule has 0 saturated carbocycles. The molecule has 1 aromatic rings. The van der Waals surface area contributed by atoms with Gasteiger partial charge in [-0.2, -0.15) is 8.42 Å². The fourth-order valence-corrected chi connectivity index (χ4v) is 1.57. The first-order valence-electron chi connectivity index (χ1n) is 5.02. The lowest BCUT2D eigenvalue weighted by atomic mass is 10.0. The molecule has 0 radical (unpaired) electrons. The lowest BCUT2D eigenvalue weighted by molar-refractivity contribution is 0.344. The van der Waals surface area contributed by atoms with Crippen molar-refractivity contribution in [3.8, 4) is 0 Å². The summed E-state index contributed by atoms with van der Waals surface area (Å²) in [6, 6.07) is 7.37. The maximum atomic E-state index is 10.7. The summed E-state index contributed by atoms with van der Waals surface area (Å²) < 4.78 is 25.7. The SMILES string of the molecule is CC(C)c1ccc(C(Cl)=NOS(C)(=O)=O)cc1. The van der Waals surface area contributed by atoms with E-state index in [0.29, 0.717) is 11.5 Å². The van der Waals surface area contributed by atoms with E-state index in [9.17, 15) is 8.42 Å². The van der Waals surface area contributed by atoms with Crippen LogP contribution in [0.5, 0.6) is 0 Å². The molecule has 94 valence electrons. The van der Waals surface area contributed by atoms with Crippen LogP contribution in [0.25, 0.3) is 0 Å². The van der Waals surface area contributed by atoms with Crippen LogP contribution in [0.4, 0.5) is 0 Å². The molecule has 0 saturated heterocycles. The molecule has 0 aromatic heterocycles. The molecule has 0 atom stereocenters. The molecular formula is C11H14ClNO3S. The lowest BCUT2D eigenvalue weighted by Gasteiger charge is -2.05. The highest BCUT2D eigenvalue weighted by atomic mass is 35.5. The minimum Gasteiger partial charge on any atom is -0.267 e. The topological polar surface area (TPSA) is 55.7 Å². The van der Waals surface area contributed by atoms with Gasteiger partial charge in [0.2, 0.25) is 0 Å². The predicted octanol–water partition coefficient (Wildman–Crippen LogP) is 2.69. The molecule has 0 unspecified atom stereocenters. The van der Waals surface area contributed by atoms with Crippen molar-refractivity contribution in [2.24, 2.45) is 5.16 Å². The van der Waals surface area contributed by atoms with E-state index in [4.69, 9.17) is 11.6 Å². The Hall–Kier alpha value is -1.07. The summed E-state index contributed by atoms with van der Waals surface area (Å²) in [6.07, 6.45) is 0.905. The highest BCUT2D eigenvalue weighted by Crippen LogP contribution is 2.16. The van der Waals surface area contributed by atoms with Gasteiger partial charge in [-0.15, -0.1) is 0 Å². The minimum atomic E-state index is -3.62. The molecule has 1 aromatic carbocycles. The first kappa shape index (κ1) is 14.0. The third-order valence-electron chi connectivity index (χ3n) is 2.07. The Bertz CT molecular complexity index is 506. The first-order chi connectivity index (χ1) is 7.79. The molecule has 0 aliphatic rings. The molecule has 0 heterocycles. The van der Waals surface area contributed by atoms with Crippen molar-refractivity contribution in [2.75, 3.05) is 6.26 Å². The zero-order chi connectivity index (χ0) is 13.1. The van der Waals surface area contributed by atoms with E-state index in [-0.39, 0.29) is 5.17 Å². The van der Waals surface area contributed by atoms with Gasteiger partial charge >= 0.3 is 10.1 Å². The van der Waals surface area contributed by atoms with Gasteiger partial charge in [0.15, 0.2) is 5.17 Å². The van der Waals surface area contributed by atoms with Gasteiger partial charge in [0.1, 0.15) is 0 Å². The Labute approximate surface area is 106 Å². The summed E-state index contributed by atoms with van der Waals surface area (Å²) in [5.74, 6) is 0.423. The summed E-state index contributed by atoms with van der Waals surface area (Å²) in [5, 5.41) is 3.34. The van der Waals surface area contributed by atoms with E-state index >= 15 is 0 Å². The second kappa shape index (κ2) is 5.51. The largest absolute Gasteiger partial charge is 0.325 e. The van der Waals surface area contributed by atoms with Gasteiger partial charge in [0.25, 0.3) is 0 Å². The van der Waals surface area contributed by atoms with Crippen molar-refractivity contribution < 1.29 is 12.7 Å². The van der Waals surface area contributed by atoms with E-state index in [0.717, 1.165) is 6.26 Å². The monoisotopic (exact) mass is 275 g/mol. The normalized spacial score (nSPS) is 12.9. The first-order valence-corrected chi connectivity index (χ1v) is 7.21. The van der Waals surface area contributed by atoms with Crippen molar-refractivity contribution in [3.05, 3.63) is 35.4 Å². The molecule has 0 N–H and O–H groups in total. The summed E-state index contributed by atoms with van der Waals surface area (Å²) in [6.45, 7) is 4.16. The number of oxime groups is 1. The van der Waals surface area contributed by atoms with Crippen LogP contribution in [0, 0.1) is 0 Å². The summed E-state index contributed by atoms with van der Waals surface area (Å²) in [5.41, 5.74) is 1.78. The molecule has 0 aliphatic carbocycles. The number of hydrogen-bond donors (Lipinski definition) is 0. The second-order valence-electron chi connectivity index (χ2n) is 3.94. The summed E-state index contributed by atoms with van der Waals surface area (Å²) in [4.78, 5) is 0. The maximum Gasteiger partial charge on any atom is 0.325 e. The maximum absolute atomic E-state index is 10.7. The van der Waals surface area contributed by atoms with Crippen LogP contribution < -0.4 is 0 Å². The van der Waals surface area contributed by atoms with Crippen molar-refractivity contribution in [2.45, 2.75) is 19.8 Å². The molecule has 4 nitrogen and oxygen atoms in total. The van der Waals surface area contributed by atoms with Crippen molar-refractivity contribution in [3.63, 3.8) is 0 Å². The lowest BCUT2D eigenvalue weighted by Crippen LogP contribution is -2.00. The number of nitrogens with zero attached hydrogens (tertiary/aromatic N) is 1. The van der Waals surface area contributed by atoms with Crippen molar-refractivity contribution in [1.82, 2.24) is 0 Å². The van der Waals surface area contributed by atoms with Crippen LogP contribution in [0.15, 0.2) is 29.4 Å². The van der Waals surface area contributed by atoms with Gasteiger partial charge in [-0.05, 0) is 11.5 Å². The number of benzene rings is 1. The molecule has 0 fully saturated rings. The molecule has 0 amide bonds. The average molecular weight is 276 g/mol. The Morgan fingerprint density at radius 1 is 1.29 bits per heavy atom. The van der Waals surface area contributed by atoms with Gasteiger partial charge in [-0.3, -0.25) is 4.28 Å². The zero-order valence-corrected chi connectivity index (χ0v) is 11.4. The van der Waals surface area contributed by atoms with Crippen LogP contribution in [-0.4, -0.2) is 19.8 Å².